The minimum Gasteiger partial charge on any atom is -0.479 e. The molecule has 0 bridgehead atoms. The summed E-state index contributed by atoms with van der Waals surface area (Å²) in [5.74, 6) is -4.52. The van der Waals surface area contributed by atoms with Crippen molar-refractivity contribution in [1.29, 1.82) is 0 Å². The van der Waals surface area contributed by atoms with E-state index in [1.165, 1.54) is 42.0 Å². The van der Waals surface area contributed by atoms with E-state index in [9.17, 15) is 33.9 Å². The average Bonchev–Trinajstić information content (AvgIpc) is 3.08. The number of hydrogen-bond acceptors (Lipinski definition) is 8. The van der Waals surface area contributed by atoms with Crippen LogP contribution >= 0.6 is 45.2 Å². The Hall–Kier alpha value is -3.36. The number of carbonyl (C=O) groups excluding carboxylic acids is 5. The van der Waals surface area contributed by atoms with Gasteiger partial charge in [-0.3, -0.25) is 24.0 Å². The van der Waals surface area contributed by atoms with Crippen LogP contribution < -0.4 is 16.1 Å². The van der Waals surface area contributed by atoms with Gasteiger partial charge in [0.1, 0.15) is 0 Å². The summed E-state index contributed by atoms with van der Waals surface area (Å²) in [6.45, 7) is 3.12. The number of hydroxylamine groups is 1. The number of nitrogens with one attached hydrogen (secondary N) is 3. The SMILES string of the molecule is CNC(=O)[C@@](C)(C(=O)NOC1CCCCO1)N(C)C(=O)c1ccc(I)cc1.CNC(=O)[C@@](C)(C(=O)O)N(C)C(=O)c1ccc(I)cc1. The lowest BCUT2D eigenvalue weighted by molar-refractivity contribution is -0.204. The van der Waals surface area contributed by atoms with Crippen molar-refractivity contribution in [2.24, 2.45) is 0 Å². The second-order valence-corrected chi connectivity index (χ2v) is 13.2. The molecule has 0 saturated carbocycles. The van der Waals surface area contributed by atoms with E-state index in [1.807, 2.05) is 0 Å². The number of halogens is 2. The zero-order chi connectivity index (χ0) is 35.5. The monoisotopic (exact) mass is 879 g/mol. The molecule has 0 aromatic heterocycles. The molecule has 5 amide bonds. The molecule has 1 aliphatic heterocycles. The predicted molar refractivity (Wildman–Crippen MR) is 188 cm³/mol. The van der Waals surface area contributed by atoms with Gasteiger partial charge in [-0.2, -0.15) is 0 Å². The summed E-state index contributed by atoms with van der Waals surface area (Å²) in [5, 5.41) is 14.0. The molecule has 0 spiro atoms. The summed E-state index contributed by atoms with van der Waals surface area (Å²) in [6.07, 6.45) is 1.96. The summed E-state index contributed by atoms with van der Waals surface area (Å²) >= 11 is 4.23. The van der Waals surface area contributed by atoms with E-state index in [0.29, 0.717) is 24.2 Å². The molecule has 0 radical (unpaired) electrons. The van der Waals surface area contributed by atoms with Gasteiger partial charge in [-0.25, -0.2) is 15.1 Å². The fraction of sp³-hybridized carbons (Fsp3) is 0.419. The fourth-order valence-corrected chi connectivity index (χ4v) is 5.01. The first kappa shape index (κ1) is 39.8. The molecule has 14 nitrogen and oxygen atoms in total. The first-order chi connectivity index (χ1) is 22.0. The largest absolute Gasteiger partial charge is 0.479 e. The molecule has 1 unspecified atom stereocenters. The van der Waals surface area contributed by atoms with Crippen molar-refractivity contribution in [3.63, 3.8) is 0 Å². The molecule has 47 heavy (non-hydrogen) atoms. The van der Waals surface area contributed by atoms with Crippen LogP contribution in [0.3, 0.4) is 0 Å². The Kier molecular flexibility index (Phi) is 15.0. The number of hydrogen-bond donors (Lipinski definition) is 4. The van der Waals surface area contributed by atoms with E-state index in [0.717, 1.165) is 29.8 Å². The van der Waals surface area contributed by atoms with Crippen LogP contribution in [0.2, 0.25) is 0 Å². The summed E-state index contributed by atoms with van der Waals surface area (Å²) in [6, 6.07) is 13.5. The van der Waals surface area contributed by atoms with Gasteiger partial charge in [0.15, 0.2) is 11.8 Å². The Labute approximate surface area is 300 Å². The highest BCUT2D eigenvalue weighted by atomic mass is 127. The lowest BCUT2D eigenvalue weighted by Gasteiger charge is -2.36. The number of aliphatic carboxylic acids is 1. The normalized spacial score (nSPS) is 16.5. The lowest BCUT2D eigenvalue weighted by Crippen LogP contribution is -2.65. The van der Waals surface area contributed by atoms with Gasteiger partial charge in [0.25, 0.3) is 29.5 Å². The summed E-state index contributed by atoms with van der Waals surface area (Å²) in [4.78, 5) is 81.0. The van der Waals surface area contributed by atoms with E-state index < -0.39 is 52.9 Å². The van der Waals surface area contributed by atoms with Crippen molar-refractivity contribution >= 4 is 80.7 Å². The summed E-state index contributed by atoms with van der Waals surface area (Å²) in [7, 11) is 5.44. The van der Waals surface area contributed by atoms with Crippen molar-refractivity contribution in [1.82, 2.24) is 25.9 Å². The average molecular weight is 879 g/mol. The van der Waals surface area contributed by atoms with Gasteiger partial charge in [-0.15, -0.1) is 0 Å². The number of carbonyl (C=O) groups is 6. The lowest BCUT2D eigenvalue weighted by atomic mass is 9.97. The van der Waals surface area contributed by atoms with Crippen molar-refractivity contribution in [2.75, 3.05) is 34.8 Å². The Morgan fingerprint density at radius 3 is 1.57 bits per heavy atom. The van der Waals surface area contributed by atoms with Gasteiger partial charge in [0.05, 0.1) is 0 Å². The quantitative estimate of drug-likeness (QED) is 0.158. The number of benzene rings is 2. The highest BCUT2D eigenvalue weighted by Gasteiger charge is 2.48. The first-order valence-electron chi connectivity index (χ1n) is 14.4. The van der Waals surface area contributed by atoms with Crippen LogP contribution in [-0.4, -0.2) is 103 Å². The van der Waals surface area contributed by atoms with Crippen molar-refractivity contribution in [2.45, 2.75) is 50.5 Å². The summed E-state index contributed by atoms with van der Waals surface area (Å²) in [5.41, 5.74) is -0.785. The van der Waals surface area contributed by atoms with Crippen molar-refractivity contribution < 1.29 is 43.4 Å². The third kappa shape index (κ3) is 9.60. The van der Waals surface area contributed by atoms with E-state index in [-0.39, 0.29) is 0 Å². The number of carboxylic acid groups (broad SMARTS) is 1. The third-order valence-corrected chi connectivity index (χ3v) is 9.19. The molecule has 16 heteroatoms. The number of ether oxygens (including phenoxy) is 1. The molecule has 4 N–H and O–H groups in total. The highest BCUT2D eigenvalue weighted by molar-refractivity contribution is 14.1. The third-order valence-electron chi connectivity index (χ3n) is 7.75. The predicted octanol–water partition coefficient (Wildman–Crippen LogP) is 2.39. The molecule has 1 fully saturated rings. The maximum atomic E-state index is 12.8. The zero-order valence-corrected chi connectivity index (χ0v) is 31.2. The van der Waals surface area contributed by atoms with Crippen LogP contribution in [0.4, 0.5) is 0 Å². The van der Waals surface area contributed by atoms with Crippen LogP contribution in [-0.2, 0) is 28.8 Å². The number of rotatable bonds is 10. The number of nitrogens with zero attached hydrogens (tertiary/aromatic N) is 2. The Morgan fingerprint density at radius 1 is 0.766 bits per heavy atom. The van der Waals surface area contributed by atoms with Crippen LogP contribution in [0.5, 0.6) is 0 Å². The van der Waals surface area contributed by atoms with E-state index in [2.05, 4.69) is 61.3 Å². The number of carboxylic acids is 1. The molecule has 3 atom stereocenters. The summed E-state index contributed by atoms with van der Waals surface area (Å²) < 4.78 is 7.32. The number of amides is 5. The fourth-order valence-electron chi connectivity index (χ4n) is 4.29. The second-order valence-electron chi connectivity index (χ2n) is 10.7. The van der Waals surface area contributed by atoms with E-state index >= 15 is 0 Å². The van der Waals surface area contributed by atoms with Crippen LogP contribution in [0.1, 0.15) is 53.8 Å². The maximum absolute atomic E-state index is 12.8. The minimum absolute atomic E-state index is 0.323. The first-order valence-corrected chi connectivity index (χ1v) is 16.5. The molecule has 3 rings (SSSR count). The van der Waals surface area contributed by atoms with Gasteiger partial charge >= 0.3 is 5.97 Å². The Morgan fingerprint density at radius 2 is 1.19 bits per heavy atom. The van der Waals surface area contributed by atoms with Gasteiger partial charge < -0.3 is 30.3 Å². The van der Waals surface area contributed by atoms with Gasteiger partial charge in [0.2, 0.25) is 5.54 Å². The van der Waals surface area contributed by atoms with Gasteiger partial charge in [-0.05, 0) is 120 Å². The molecule has 1 saturated heterocycles. The smallest absolute Gasteiger partial charge is 0.339 e. The molecular formula is C31H39I2N5O9. The molecule has 2 aromatic carbocycles. The van der Waals surface area contributed by atoms with Crippen molar-refractivity contribution in [3.05, 3.63) is 66.8 Å². The maximum Gasteiger partial charge on any atom is 0.339 e. The van der Waals surface area contributed by atoms with E-state index in [1.54, 1.807) is 48.5 Å². The zero-order valence-electron chi connectivity index (χ0n) is 26.9. The molecule has 2 aromatic rings. The molecule has 1 aliphatic rings. The number of likely N-dealkylation sites (N-methyl/N-ethyl adjacent to an activating group) is 4. The highest BCUT2D eigenvalue weighted by Crippen LogP contribution is 2.21. The van der Waals surface area contributed by atoms with Gasteiger partial charge in [0, 0.05) is 59.5 Å². The van der Waals surface area contributed by atoms with Crippen molar-refractivity contribution in [3.8, 4) is 0 Å². The Balaban J connectivity index is 0.000000343. The Bertz CT molecular complexity index is 1450. The molecule has 0 aliphatic carbocycles. The topological polar surface area (TPSA) is 184 Å². The minimum atomic E-state index is -1.96. The van der Waals surface area contributed by atoms with Gasteiger partial charge in [-0.1, -0.05) is 0 Å². The van der Waals surface area contributed by atoms with Crippen LogP contribution in [0.15, 0.2) is 48.5 Å². The van der Waals surface area contributed by atoms with Crippen LogP contribution in [0.25, 0.3) is 0 Å². The molecule has 256 valence electrons. The van der Waals surface area contributed by atoms with Crippen LogP contribution in [0, 0.1) is 7.14 Å². The molecule has 1 heterocycles. The van der Waals surface area contributed by atoms with E-state index in [4.69, 9.17) is 9.57 Å². The molecular weight excluding hydrogens is 840 g/mol. The second kappa shape index (κ2) is 17.7. The standard InChI is InChI=1S/C18H24IN3O5.C13H15IN2O4/c1-18(16(24)20-2,17(25)21-27-14-6-4-5-11-26-14)22(3)15(23)12-7-9-13(19)10-8-12;1-13(12(19)20,11(18)15-2)16(3)10(17)8-4-6-9(14)7-5-8/h7-10,14H,4-6,11H2,1-3H3,(H,20,24)(H,21,25);4-7H,1-3H3,(H,15,18)(H,19,20)/t14?,18-;13-/m00/s1.